The Bertz CT molecular complexity index is 925. The maximum absolute atomic E-state index is 12.6. The third kappa shape index (κ3) is 4.26. The van der Waals surface area contributed by atoms with Crippen LogP contribution in [0.25, 0.3) is 0 Å². The van der Waals surface area contributed by atoms with Crippen molar-refractivity contribution in [3.8, 4) is 0 Å². The first kappa shape index (κ1) is 21.0. The Balaban J connectivity index is 1.36. The molecule has 8 heteroatoms. The predicted molar refractivity (Wildman–Crippen MR) is 121 cm³/mol. The Morgan fingerprint density at radius 3 is 2.58 bits per heavy atom. The molecule has 0 aliphatic carbocycles. The smallest absolute Gasteiger partial charge is 0.227 e. The van der Waals surface area contributed by atoms with E-state index in [1.807, 2.05) is 12.1 Å². The van der Waals surface area contributed by atoms with Crippen LogP contribution in [0.3, 0.4) is 0 Å². The maximum atomic E-state index is 12.6. The van der Waals surface area contributed by atoms with Gasteiger partial charge in [0.05, 0.1) is 5.60 Å². The van der Waals surface area contributed by atoms with Crippen molar-refractivity contribution in [2.45, 2.75) is 55.6 Å². The Morgan fingerprint density at radius 1 is 1.16 bits per heavy atom. The Hall–Kier alpha value is -1.87. The van der Waals surface area contributed by atoms with Crippen molar-refractivity contribution in [3.05, 3.63) is 41.1 Å². The molecular weight excluding hydrogens is 412 g/mol. The molecule has 1 aromatic carbocycles. The number of fused-ring (bicyclic) bond motifs is 1. The molecule has 1 atom stereocenters. The largest absolute Gasteiger partial charge is 0.611 e. The SMILES string of the molecule is Cc1ccc(C2(O)CCN(c3nc4c(c(NC5CCOCC5)n3)[S+]([O-])CC4)CC2)cc1. The van der Waals surface area contributed by atoms with Crippen LogP contribution in [-0.2, 0) is 27.9 Å². The number of aliphatic hydroxyl groups is 1. The third-order valence-corrected chi connectivity index (χ3v) is 8.16. The average Bonchev–Trinajstić information content (AvgIpc) is 3.16. The maximum Gasteiger partial charge on any atom is 0.227 e. The fourth-order valence-electron chi connectivity index (χ4n) is 4.69. The van der Waals surface area contributed by atoms with E-state index in [4.69, 9.17) is 14.7 Å². The van der Waals surface area contributed by atoms with E-state index in [1.54, 1.807) is 0 Å². The second-order valence-corrected chi connectivity index (χ2v) is 10.4. The number of hydrogen-bond acceptors (Lipinski definition) is 7. The molecule has 2 saturated heterocycles. The van der Waals surface area contributed by atoms with E-state index < -0.39 is 16.8 Å². The van der Waals surface area contributed by atoms with Gasteiger partial charge >= 0.3 is 0 Å². The van der Waals surface area contributed by atoms with E-state index in [1.165, 1.54) is 5.56 Å². The number of hydrogen-bond donors (Lipinski definition) is 2. The number of rotatable bonds is 4. The van der Waals surface area contributed by atoms with Crippen LogP contribution in [0.15, 0.2) is 29.2 Å². The fraction of sp³-hybridized carbons (Fsp3) is 0.565. The zero-order valence-electron chi connectivity index (χ0n) is 18.0. The molecule has 2 N–H and O–H groups in total. The molecule has 0 saturated carbocycles. The number of nitrogens with one attached hydrogen (secondary N) is 1. The summed E-state index contributed by atoms with van der Waals surface area (Å²) in [6.45, 7) is 4.90. The molecule has 0 radical (unpaired) electrons. The van der Waals surface area contributed by atoms with Crippen molar-refractivity contribution in [2.24, 2.45) is 0 Å². The third-order valence-electron chi connectivity index (χ3n) is 6.70. The van der Waals surface area contributed by atoms with E-state index in [2.05, 4.69) is 29.3 Å². The van der Waals surface area contributed by atoms with Crippen molar-refractivity contribution in [3.63, 3.8) is 0 Å². The highest BCUT2D eigenvalue weighted by Crippen LogP contribution is 2.37. The zero-order chi connectivity index (χ0) is 21.4. The van der Waals surface area contributed by atoms with Crippen LogP contribution >= 0.6 is 0 Å². The Morgan fingerprint density at radius 2 is 1.87 bits per heavy atom. The summed E-state index contributed by atoms with van der Waals surface area (Å²) < 4.78 is 18.1. The molecule has 5 rings (SSSR count). The van der Waals surface area contributed by atoms with Crippen molar-refractivity contribution < 1.29 is 14.4 Å². The number of nitrogens with zero attached hydrogens (tertiary/aromatic N) is 3. The van der Waals surface area contributed by atoms with E-state index in [0.717, 1.165) is 54.4 Å². The highest BCUT2D eigenvalue weighted by Gasteiger charge is 2.37. The van der Waals surface area contributed by atoms with Gasteiger partial charge in [-0.15, -0.1) is 0 Å². The van der Waals surface area contributed by atoms with Crippen LogP contribution in [0, 0.1) is 6.92 Å². The van der Waals surface area contributed by atoms with Gasteiger partial charge in [0.2, 0.25) is 10.8 Å². The van der Waals surface area contributed by atoms with Gasteiger partial charge in [-0.1, -0.05) is 29.8 Å². The lowest BCUT2D eigenvalue weighted by Gasteiger charge is -2.38. The minimum atomic E-state index is -1.04. The number of piperidine rings is 1. The summed E-state index contributed by atoms with van der Waals surface area (Å²) >= 11 is -1.04. The normalized spacial score (nSPS) is 23.6. The van der Waals surface area contributed by atoms with E-state index in [0.29, 0.717) is 37.6 Å². The van der Waals surface area contributed by atoms with Crippen molar-refractivity contribution in [1.29, 1.82) is 0 Å². The van der Waals surface area contributed by atoms with Crippen LogP contribution in [0.2, 0.25) is 0 Å². The molecule has 0 bridgehead atoms. The van der Waals surface area contributed by atoms with Gasteiger partial charge in [0.15, 0.2) is 5.82 Å². The van der Waals surface area contributed by atoms with Gasteiger partial charge in [-0.05, 0) is 49.3 Å². The first-order chi connectivity index (χ1) is 15.0. The molecule has 4 heterocycles. The predicted octanol–water partition coefficient (Wildman–Crippen LogP) is 2.53. The van der Waals surface area contributed by atoms with E-state index in [-0.39, 0.29) is 6.04 Å². The summed E-state index contributed by atoms with van der Waals surface area (Å²) in [6, 6.07) is 8.45. The minimum Gasteiger partial charge on any atom is -0.611 e. The van der Waals surface area contributed by atoms with E-state index >= 15 is 0 Å². The molecule has 166 valence electrons. The summed E-state index contributed by atoms with van der Waals surface area (Å²) in [6.07, 6.45) is 3.83. The molecule has 2 aromatic rings. The molecular formula is C23H30N4O3S. The molecule has 1 unspecified atom stereocenters. The second-order valence-electron chi connectivity index (χ2n) is 8.86. The van der Waals surface area contributed by atoms with Crippen molar-refractivity contribution >= 4 is 22.9 Å². The topological polar surface area (TPSA) is 93.6 Å². The average molecular weight is 443 g/mol. The van der Waals surface area contributed by atoms with Gasteiger partial charge in [-0.3, -0.25) is 0 Å². The van der Waals surface area contributed by atoms with Gasteiger partial charge in [0.1, 0.15) is 11.4 Å². The van der Waals surface area contributed by atoms with Gasteiger partial charge in [-0.2, -0.15) is 4.98 Å². The number of aryl methyl sites for hydroxylation is 2. The quantitative estimate of drug-likeness (QED) is 0.703. The van der Waals surface area contributed by atoms with Crippen LogP contribution in [0.5, 0.6) is 0 Å². The Kier molecular flexibility index (Phi) is 5.81. The standard InChI is InChI=1S/C23H30N4O3S/c1-16-2-4-17(5-3-16)23(28)9-11-27(12-10-23)22-25-19-8-15-31(29)20(19)21(26-22)24-18-6-13-30-14-7-18/h2-5,18,28H,6-15H2,1H3,(H,24,25,26). The summed E-state index contributed by atoms with van der Waals surface area (Å²) in [5, 5.41) is 14.8. The monoisotopic (exact) mass is 442 g/mol. The lowest BCUT2D eigenvalue weighted by atomic mass is 9.84. The van der Waals surface area contributed by atoms with Crippen LogP contribution in [0.1, 0.15) is 42.5 Å². The number of ether oxygens (including phenoxy) is 1. The van der Waals surface area contributed by atoms with Crippen LogP contribution in [0.4, 0.5) is 11.8 Å². The van der Waals surface area contributed by atoms with Crippen molar-refractivity contribution in [1.82, 2.24) is 9.97 Å². The first-order valence-electron chi connectivity index (χ1n) is 11.2. The molecule has 3 aliphatic heterocycles. The molecule has 31 heavy (non-hydrogen) atoms. The molecule has 2 fully saturated rings. The number of anilines is 2. The molecule has 0 spiro atoms. The Labute approximate surface area is 186 Å². The van der Waals surface area contributed by atoms with Gasteiger partial charge in [0.25, 0.3) is 0 Å². The lowest BCUT2D eigenvalue weighted by Crippen LogP contribution is -2.43. The molecule has 3 aliphatic rings. The highest BCUT2D eigenvalue weighted by atomic mass is 32.2. The number of benzene rings is 1. The molecule has 7 nitrogen and oxygen atoms in total. The summed E-state index contributed by atoms with van der Waals surface area (Å²) in [5.41, 5.74) is 2.26. The number of aromatic nitrogens is 2. The van der Waals surface area contributed by atoms with E-state index in [9.17, 15) is 9.66 Å². The molecule has 1 aromatic heterocycles. The second kappa shape index (κ2) is 8.58. The van der Waals surface area contributed by atoms with Gasteiger partial charge in [-0.25, -0.2) is 4.98 Å². The first-order valence-corrected chi connectivity index (χ1v) is 12.5. The van der Waals surface area contributed by atoms with Gasteiger partial charge in [0, 0.05) is 38.8 Å². The zero-order valence-corrected chi connectivity index (χ0v) is 18.8. The lowest BCUT2D eigenvalue weighted by molar-refractivity contribution is 0.0115. The van der Waals surface area contributed by atoms with Crippen LogP contribution < -0.4 is 10.2 Å². The highest BCUT2D eigenvalue weighted by molar-refractivity contribution is 7.91. The summed E-state index contributed by atoms with van der Waals surface area (Å²) in [5.74, 6) is 2.02. The van der Waals surface area contributed by atoms with Crippen molar-refractivity contribution in [2.75, 3.05) is 42.3 Å². The summed E-state index contributed by atoms with van der Waals surface area (Å²) in [7, 11) is 0. The van der Waals surface area contributed by atoms with Gasteiger partial charge < -0.3 is 24.6 Å². The fourth-order valence-corrected chi connectivity index (χ4v) is 6.00. The van der Waals surface area contributed by atoms with Crippen LogP contribution in [-0.4, -0.2) is 57.7 Å². The molecule has 0 amide bonds. The summed E-state index contributed by atoms with van der Waals surface area (Å²) in [4.78, 5) is 12.6. The minimum absolute atomic E-state index is 0.284.